The maximum Gasteiger partial charge on any atom is 0.416 e. The number of nitrogens with zero attached hydrogens (tertiary/aromatic N) is 2. The smallest absolute Gasteiger partial charge is 0.352 e. The van der Waals surface area contributed by atoms with Gasteiger partial charge in [0.1, 0.15) is 12.6 Å². The molecule has 214 valence electrons. The number of carbonyl (C=O) groups excluding carboxylic acids is 2. The quantitative estimate of drug-likeness (QED) is 0.436. The number of amides is 2. The van der Waals surface area contributed by atoms with E-state index < -0.39 is 40.3 Å². The van der Waals surface area contributed by atoms with Crippen molar-refractivity contribution in [2.75, 3.05) is 17.1 Å². The van der Waals surface area contributed by atoms with Crippen molar-refractivity contribution in [3.05, 3.63) is 65.2 Å². The molecule has 7 nitrogen and oxygen atoms in total. The molecule has 0 radical (unpaired) electrons. The summed E-state index contributed by atoms with van der Waals surface area (Å²) in [6.07, 6.45) is 1.25. The van der Waals surface area contributed by atoms with Gasteiger partial charge < -0.3 is 10.2 Å². The Morgan fingerprint density at radius 3 is 2.31 bits per heavy atom. The average molecular weight is 568 g/mol. The topological polar surface area (TPSA) is 86.8 Å². The molecule has 0 heterocycles. The summed E-state index contributed by atoms with van der Waals surface area (Å²) in [6, 6.07) is 10.3. The number of nitrogens with one attached hydrogen (secondary N) is 1. The number of rotatable bonds is 10. The summed E-state index contributed by atoms with van der Waals surface area (Å²) in [6.45, 7) is 2.93. The predicted octanol–water partition coefficient (Wildman–Crippen LogP) is 5.04. The monoisotopic (exact) mass is 567 g/mol. The van der Waals surface area contributed by atoms with Crippen LogP contribution >= 0.6 is 0 Å². The van der Waals surface area contributed by atoms with Gasteiger partial charge in [0.05, 0.1) is 17.5 Å². The highest BCUT2D eigenvalue weighted by Crippen LogP contribution is 2.32. The summed E-state index contributed by atoms with van der Waals surface area (Å²) in [7, 11) is -4.15. The molecule has 1 saturated carbocycles. The van der Waals surface area contributed by atoms with Crippen LogP contribution in [0.1, 0.15) is 62.1 Å². The van der Waals surface area contributed by atoms with Crippen molar-refractivity contribution in [1.29, 1.82) is 0 Å². The fraction of sp³-hybridized carbons (Fsp3) is 0.500. The minimum Gasteiger partial charge on any atom is -0.352 e. The minimum absolute atomic E-state index is 0.00772. The van der Waals surface area contributed by atoms with Crippen LogP contribution in [-0.4, -0.2) is 50.0 Å². The first-order chi connectivity index (χ1) is 18.3. The number of halogens is 3. The van der Waals surface area contributed by atoms with Gasteiger partial charge in [-0.05, 0) is 55.5 Å². The highest BCUT2D eigenvalue weighted by Gasteiger charge is 2.35. The molecule has 0 aliphatic heterocycles. The molecule has 1 atom stereocenters. The summed E-state index contributed by atoms with van der Waals surface area (Å²) in [5.41, 5.74) is 0.350. The Labute approximate surface area is 228 Å². The number of aryl methyl sites for hydroxylation is 1. The van der Waals surface area contributed by atoms with Gasteiger partial charge in [0.15, 0.2) is 0 Å². The van der Waals surface area contributed by atoms with Crippen molar-refractivity contribution in [3.63, 3.8) is 0 Å². The molecule has 2 amide bonds. The van der Waals surface area contributed by atoms with E-state index in [9.17, 15) is 31.2 Å². The average Bonchev–Trinajstić information content (AvgIpc) is 2.87. The van der Waals surface area contributed by atoms with Crippen LogP contribution in [-0.2, 0) is 32.3 Å². The van der Waals surface area contributed by atoms with Gasteiger partial charge in [0.25, 0.3) is 0 Å². The summed E-state index contributed by atoms with van der Waals surface area (Å²) in [5.74, 6) is -1.01. The van der Waals surface area contributed by atoms with Crippen molar-refractivity contribution in [1.82, 2.24) is 10.2 Å². The standard InChI is InChI=1S/C28H36F3N3O4S/c1-4-25(27(36)32-23-14-6-5-7-15-23)33(18-21-12-9-8-11-20(21)2)26(35)19-34(39(3,37)38)24-16-10-13-22(17-24)28(29,30)31/h8-13,16-17,23,25H,4-7,14-15,18-19H2,1-3H3,(H,32,36)/t25-/m1/s1. The Balaban J connectivity index is 1.96. The second-order valence-electron chi connectivity index (χ2n) is 10.0. The van der Waals surface area contributed by atoms with Gasteiger partial charge in [-0.3, -0.25) is 13.9 Å². The van der Waals surface area contributed by atoms with Crippen LogP contribution in [0.25, 0.3) is 0 Å². The van der Waals surface area contributed by atoms with Crippen LogP contribution in [0.5, 0.6) is 0 Å². The first kappa shape index (κ1) is 30.5. The molecule has 1 N–H and O–H groups in total. The van der Waals surface area contributed by atoms with E-state index in [1.807, 2.05) is 25.1 Å². The Morgan fingerprint density at radius 2 is 1.72 bits per heavy atom. The highest BCUT2D eigenvalue weighted by molar-refractivity contribution is 7.92. The third-order valence-electron chi connectivity index (χ3n) is 7.08. The molecular formula is C28H36F3N3O4S. The molecular weight excluding hydrogens is 531 g/mol. The Morgan fingerprint density at radius 1 is 1.05 bits per heavy atom. The second-order valence-corrected chi connectivity index (χ2v) is 11.9. The number of sulfonamides is 1. The predicted molar refractivity (Wildman–Crippen MR) is 144 cm³/mol. The van der Waals surface area contributed by atoms with Crippen LogP contribution < -0.4 is 9.62 Å². The van der Waals surface area contributed by atoms with E-state index in [1.54, 1.807) is 13.0 Å². The first-order valence-electron chi connectivity index (χ1n) is 13.1. The largest absolute Gasteiger partial charge is 0.416 e. The van der Waals surface area contributed by atoms with E-state index in [0.717, 1.165) is 61.6 Å². The molecule has 0 saturated heterocycles. The van der Waals surface area contributed by atoms with Gasteiger partial charge in [-0.25, -0.2) is 8.42 Å². The van der Waals surface area contributed by atoms with Crippen molar-refractivity contribution in [3.8, 4) is 0 Å². The molecule has 2 aromatic carbocycles. The maximum atomic E-state index is 13.8. The van der Waals surface area contributed by atoms with Crippen molar-refractivity contribution in [2.45, 2.75) is 77.2 Å². The number of benzene rings is 2. The summed E-state index contributed by atoms with van der Waals surface area (Å²) < 4.78 is 66.1. The van der Waals surface area contributed by atoms with Gasteiger partial charge in [-0.2, -0.15) is 13.2 Å². The lowest BCUT2D eigenvalue weighted by molar-refractivity contribution is -0.140. The van der Waals surface area contributed by atoms with E-state index in [2.05, 4.69) is 5.32 Å². The van der Waals surface area contributed by atoms with Gasteiger partial charge in [-0.15, -0.1) is 0 Å². The second kappa shape index (κ2) is 12.8. The molecule has 39 heavy (non-hydrogen) atoms. The lowest BCUT2D eigenvalue weighted by Crippen LogP contribution is -2.54. The molecule has 1 aliphatic carbocycles. The fourth-order valence-corrected chi connectivity index (χ4v) is 5.73. The molecule has 0 bridgehead atoms. The molecule has 0 unspecified atom stereocenters. The third-order valence-corrected chi connectivity index (χ3v) is 8.22. The van der Waals surface area contributed by atoms with Gasteiger partial charge in [0.2, 0.25) is 21.8 Å². The third kappa shape index (κ3) is 8.20. The van der Waals surface area contributed by atoms with Gasteiger partial charge in [-0.1, -0.05) is 56.5 Å². The van der Waals surface area contributed by atoms with Crippen LogP contribution in [0.4, 0.5) is 18.9 Å². The molecule has 0 aromatic heterocycles. The molecule has 0 spiro atoms. The molecule has 3 rings (SSSR count). The Bertz CT molecular complexity index is 1260. The Kier molecular flexibility index (Phi) is 10.0. The first-order valence-corrected chi connectivity index (χ1v) is 15.0. The summed E-state index contributed by atoms with van der Waals surface area (Å²) in [5, 5.41) is 3.06. The van der Waals surface area contributed by atoms with Gasteiger partial charge >= 0.3 is 6.18 Å². The van der Waals surface area contributed by atoms with E-state index >= 15 is 0 Å². The molecule has 2 aromatic rings. The van der Waals surface area contributed by atoms with Crippen molar-refractivity contribution < 1.29 is 31.2 Å². The van der Waals surface area contributed by atoms with Crippen molar-refractivity contribution >= 4 is 27.5 Å². The number of alkyl halides is 3. The molecule has 11 heteroatoms. The molecule has 1 aliphatic rings. The maximum absolute atomic E-state index is 13.8. The Hall–Kier alpha value is -3.08. The SMILES string of the molecule is CC[C@H](C(=O)NC1CCCCC1)N(Cc1ccccc1C)C(=O)CN(c1cccc(C(F)(F)F)c1)S(C)(=O)=O. The van der Waals surface area contributed by atoms with E-state index in [0.29, 0.717) is 10.4 Å². The van der Waals surface area contributed by atoms with Gasteiger partial charge in [0, 0.05) is 12.6 Å². The zero-order valence-electron chi connectivity index (χ0n) is 22.5. The zero-order chi connectivity index (χ0) is 28.8. The van der Waals surface area contributed by atoms with Crippen LogP contribution in [0.3, 0.4) is 0 Å². The van der Waals surface area contributed by atoms with Crippen LogP contribution in [0.2, 0.25) is 0 Å². The van der Waals surface area contributed by atoms with Crippen LogP contribution in [0.15, 0.2) is 48.5 Å². The lowest BCUT2D eigenvalue weighted by Gasteiger charge is -2.34. The zero-order valence-corrected chi connectivity index (χ0v) is 23.3. The van der Waals surface area contributed by atoms with Crippen LogP contribution in [0, 0.1) is 6.92 Å². The highest BCUT2D eigenvalue weighted by atomic mass is 32.2. The number of hydrogen-bond donors (Lipinski definition) is 1. The summed E-state index contributed by atoms with van der Waals surface area (Å²) in [4.78, 5) is 28.5. The van der Waals surface area contributed by atoms with E-state index in [1.165, 1.54) is 11.0 Å². The van der Waals surface area contributed by atoms with E-state index in [-0.39, 0.29) is 30.6 Å². The molecule has 1 fully saturated rings. The normalized spacial score (nSPS) is 15.4. The fourth-order valence-electron chi connectivity index (χ4n) is 4.89. The minimum atomic E-state index is -4.69. The summed E-state index contributed by atoms with van der Waals surface area (Å²) >= 11 is 0. The number of anilines is 1. The number of hydrogen-bond acceptors (Lipinski definition) is 4. The van der Waals surface area contributed by atoms with Crippen molar-refractivity contribution in [2.24, 2.45) is 0 Å². The number of carbonyl (C=O) groups is 2. The lowest BCUT2D eigenvalue weighted by atomic mass is 9.95. The van der Waals surface area contributed by atoms with E-state index in [4.69, 9.17) is 0 Å².